The molecule has 100 valence electrons. The predicted octanol–water partition coefficient (Wildman–Crippen LogP) is 2.00. The first-order chi connectivity index (χ1) is 8.49. The van der Waals surface area contributed by atoms with Crippen molar-refractivity contribution in [3.8, 4) is 11.5 Å². The first-order valence-electron chi connectivity index (χ1n) is 5.55. The molecule has 0 fully saturated rings. The van der Waals surface area contributed by atoms with Gasteiger partial charge < -0.3 is 19.3 Å². The Labute approximate surface area is 106 Å². The average molecular weight is 254 g/mol. The minimum atomic E-state index is -0.979. The summed E-state index contributed by atoms with van der Waals surface area (Å²) >= 11 is 0. The quantitative estimate of drug-likeness (QED) is 0.841. The highest BCUT2D eigenvalue weighted by Crippen LogP contribution is 2.30. The third-order valence-corrected chi connectivity index (χ3v) is 2.68. The summed E-state index contributed by atoms with van der Waals surface area (Å²) < 4.78 is 15.6. The smallest absolute Gasteiger partial charge is 0.332 e. The minimum absolute atomic E-state index is 0.222. The molecule has 0 amide bonds. The second kappa shape index (κ2) is 6.26. The van der Waals surface area contributed by atoms with Gasteiger partial charge in [-0.25, -0.2) is 4.79 Å². The monoisotopic (exact) mass is 254 g/mol. The SMILES string of the molecule is COc1cc(C)c(CO[C@@H](C)C(=O)O)cc1OC. The number of carboxylic acid groups (broad SMARTS) is 1. The zero-order valence-corrected chi connectivity index (χ0v) is 11.0. The molecule has 1 aromatic rings. The van der Waals surface area contributed by atoms with Crippen molar-refractivity contribution in [2.75, 3.05) is 14.2 Å². The van der Waals surface area contributed by atoms with Crippen LogP contribution in [0.15, 0.2) is 12.1 Å². The van der Waals surface area contributed by atoms with Gasteiger partial charge in [-0.15, -0.1) is 0 Å². The second-order valence-corrected chi connectivity index (χ2v) is 3.93. The summed E-state index contributed by atoms with van der Waals surface area (Å²) in [4.78, 5) is 10.7. The van der Waals surface area contributed by atoms with Gasteiger partial charge in [-0.2, -0.15) is 0 Å². The van der Waals surface area contributed by atoms with Crippen molar-refractivity contribution in [1.29, 1.82) is 0 Å². The van der Waals surface area contributed by atoms with Crippen molar-refractivity contribution in [3.05, 3.63) is 23.3 Å². The fourth-order valence-electron chi connectivity index (χ4n) is 1.46. The van der Waals surface area contributed by atoms with Crippen LogP contribution in [0.3, 0.4) is 0 Å². The predicted molar refractivity (Wildman–Crippen MR) is 66.2 cm³/mol. The van der Waals surface area contributed by atoms with Crippen LogP contribution >= 0.6 is 0 Å². The Morgan fingerprint density at radius 2 is 1.83 bits per heavy atom. The maximum atomic E-state index is 10.7. The minimum Gasteiger partial charge on any atom is -0.493 e. The van der Waals surface area contributed by atoms with Crippen LogP contribution in [0.1, 0.15) is 18.1 Å². The molecule has 5 nitrogen and oxygen atoms in total. The average Bonchev–Trinajstić information content (AvgIpc) is 2.36. The van der Waals surface area contributed by atoms with Gasteiger partial charge in [0.25, 0.3) is 0 Å². The summed E-state index contributed by atoms with van der Waals surface area (Å²) in [6, 6.07) is 3.63. The van der Waals surface area contributed by atoms with E-state index in [1.807, 2.05) is 13.0 Å². The van der Waals surface area contributed by atoms with Crippen molar-refractivity contribution >= 4 is 5.97 Å². The van der Waals surface area contributed by atoms with E-state index < -0.39 is 12.1 Å². The van der Waals surface area contributed by atoms with Crippen LogP contribution in [0.25, 0.3) is 0 Å². The number of ether oxygens (including phenoxy) is 3. The molecule has 0 saturated heterocycles. The number of aliphatic carboxylic acids is 1. The van der Waals surface area contributed by atoms with E-state index in [0.717, 1.165) is 11.1 Å². The maximum absolute atomic E-state index is 10.7. The molecule has 0 saturated carbocycles. The van der Waals surface area contributed by atoms with Crippen LogP contribution in [0.4, 0.5) is 0 Å². The topological polar surface area (TPSA) is 65.0 Å². The fourth-order valence-corrected chi connectivity index (χ4v) is 1.46. The van der Waals surface area contributed by atoms with E-state index in [2.05, 4.69) is 0 Å². The maximum Gasteiger partial charge on any atom is 0.332 e. The number of benzene rings is 1. The van der Waals surface area contributed by atoms with Crippen LogP contribution in [0, 0.1) is 6.92 Å². The zero-order chi connectivity index (χ0) is 13.7. The summed E-state index contributed by atoms with van der Waals surface area (Å²) in [6.45, 7) is 3.63. The fraction of sp³-hybridized carbons (Fsp3) is 0.462. The van der Waals surface area contributed by atoms with Gasteiger partial charge in [0.2, 0.25) is 0 Å². The molecule has 0 aliphatic heterocycles. The number of rotatable bonds is 6. The molecule has 0 radical (unpaired) electrons. The summed E-state index contributed by atoms with van der Waals surface area (Å²) in [6.07, 6.45) is -0.836. The molecular weight excluding hydrogens is 236 g/mol. The molecule has 1 atom stereocenters. The third kappa shape index (κ3) is 3.37. The third-order valence-electron chi connectivity index (χ3n) is 2.68. The van der Waals surface area contributed by atoms with Crippen LogP contribution < -0.4 is 9.47 Å². The molecule has 18 heavy (non-hydrogen) atoms. The molecule has 1 N–H and O–H groups in total. The van der Waals surface area contributed by atoms with E-state index in [4.69, 9.17) is 19.3 Å². The lowest BCUT2D eigenvalue weighted by atomic mass is 10.1. The van der Waals surface area contributed by atoms with Gasteiger partial charge in [0.1, 0.15) is 0 Å². The number of hydrogen-bond donors (Lipinski definition) is 1. The Balaban J connectivity index is 2.86. The highest BCUT2D eigenvalue weighted by atomic mass is 16.5. The number of hydrogen-bond acceptors (Lipinski definition) is 4. The van der Waals surface area contributed by atoms with Crippen molar-refractivity contribution in [1.82, 2.24) is 0 Å². The Kier molecular flexibility index (Phi) is 4.97. The lowest BCUT2D eigenvalue weighted by molar-refractivity contribution is -0.149. The molecular formula is C13H18O5. The normalized spacial score (nSPS) is 12.0. The molecule has 0 aliphatic rings. The van der Waals surface area contributed by atoms with E-state index in [9.17, 15) is 4.79 Å². The van der Waals surface area contributed by atoms with Crippen molar-refractivity contribution in [2.45, 2.75) is 26.6 Å². The van der Waals surface area contributed by atoms with Crippen molar-refractivity contribution in [3.63, 3.8) is 0 Å². The number of aryl methyl sites for hydroxylation is 1. The summed E-state index contributed by atoms with van der Waals surface area (Å²) in [5.74, 6) is 0.267. The Morgan fingerprint density at radius 1 is 1.28 bits per heavy atom. The molecule has 0 bridgehead atoms. The second-order valence-electron chi connectivity index (χ2n) is 3.93. The molecule has 0 aromatic heterocycles. The first kappa shape index (κ1) is 14.3. The van der Waals surface area contributed by atoms with E-state index in [1.54, 1.807) is 20.3 Å². The van der Waals surface area contributed by atoms with Gasteiger partial charge in [0, 0.05) is 0 Å². The van der Waals surface area contributed by atoms with Gasteiger partial charge in [0.05, 0.1) is 20.8 Å². The molecule has 1 aromatic carbocycles. The summed E-state index contributed by atoms with van der Waals surface area (Å²) in [5, 5.41) is 8.74. The Bertz CT molecular complexity index is 428. The number of methoxy groups -OCH3 is 2. The van der Waals surface area contributed by atoms with E-state index in [0.29, 0.717) is 11.5 Å². The van der Waals surface area contributed by atoms with Crippen LogP contribution in [-0.4, -0.2) is 31.4 Å². The standard InChI is InChI=1S/C13H18O5/c1-8-5-11(16-3)12(17-4)6-10(8)7-18-9(2)13(14)15/h5-6,9H,7H2,1-4H3,(H,14,15)/t9-/m0/s1. The van der Waals surface area contributed by atoms with Crippen LogP contribution in [0.5, 0.6) is 11.5 Å². The number of carboxylic acids is 1. The van der Waals surface area contributed by atoms with Gasteiger partial charge in [-0.1, -0.05) is 0 Å². The van der Waals surface area contributed by atoms with Gasteiger partial charge in [0.15, 0.2) is 17.6 Å². The zero-order valence-electron chi connectivity index (χ0n) is 11.0. The molecule has 0 unspecified atom stereocenters. The van der Waals surface area contributed by atoms with Gasteiger partial charge in [-0.05, 0) is 37.1 Å². The Morgan fingerprint density at radius 3 is 2.33 bits per heavy atom. The first-order valence-corrected chi connectivity index (χ1v) is 5.55. The van der Waals surface area contributed by atoms with E-state index >= 15 is 0 Å². The molecule has 5 heteroatoms. The Hall–Kier alpha value is -1.75. The lowest BCUT2D eigenvalue weighted by Crippen LogP contribution is -2.19. The van der Waals surface area contributed by atoms with Gasteiger partial charge in [-0.3, -0.25) is 0 Å². The van der Waals surface area contributed by atoms with Crippen LogP contribution in [0.2, 0.25) is 0 Å². The van der Waals surface area contributed by atoms with Gasteiger partial charge >= 0.3 is 5.97 Å². The largest absolute Gasteiger partial charge is 0.493 e. The van der Waals surface area contributed by atoms with Crippen molar-refractivity contribution in [2.24, 2.45) is 0 Å². The summed E-state index contributed by atoms with van der Waals surface area (Å²) in [7, 11) is 3.12. The molecule has 0 spiro atoms. The van der Waals surface area contributed by atoms with E-state index in [-0.39, 0.29) is 6.61 Å². The molecule has 0 aliphatic carbocycles. The highest BCUT2D eigenvalue weighted by Gasteiger charge is 2.13. The number of carbonyl (C=O) groups is 1. The van der Waals surface area contributed by atoms with Crippen molar-refractivity contribution < 1.29 is 24.1 Å². The molecule has 0 heterocycles. The molecule has 1 rings (SSSR count). The highest BCUT2D eigenvalue weighted by molar-refractivity contribution is 5.71. The van der Waals surface area contributed by atoms with Crippen LogP contribution in [-0.2, 0) is 16.1 Å². The van der Waals surface area contributed by atoms with E-state index in [1.165, 1.54) is 6.92 Å². The lowest BCUT2D eigenvalue weighted by Gasteiger charge is -2.14. The summed E-state index contributed by atoms with van der Waals surface area (Å²) in [5.41, 5.74) is 1.84.